The Balaban J connectivity index is 2.18. The standard InChI is InChI=1S/C14H20N2O2/c1-3-4-7-10-18-14(17-2)12-9-6-5-8-11(12)13(15)16-14/h5-6,8-9H,3-4,7,10H2,1-2H3,(H2,15,16). The minimum Gasteiger partial charge on any atom is -0.383 e. The molecule has 0 fully saturated rings. The third-order valence-electron chi connectivity index (χ3n) is 3.13. The van der Waals surface area contributed by atoms with Crippen molar-refractivity contribution in [3.8, 4) is 0 Å². The molecule has 18 heavy (non-hydrogen) atoms. The van der Waals surface area contributed by atoms with Crippen LogP contribution in [-0.4, -0.2) is 19.6 Å². The maximum absolute atomic E-state index is 5.92. The van der Waals surface area contributed by atoms with Crippen molar-refractivity contribution in [1.82, 2.24) is 0 Å². The van der Waals surface area contributed by atoms with Crippen molar-refractivity contribution in [3.05, 3.63) is 35.4 Å². The van der Waals surface area contributed by atoms with Crippen LogP contribution in [0.4, 0.5) is 0 Å². The number of amidine groups is 1. The molecule has 4 nitrogen and oxygen atoms in total. The molecule has 1 aliphatic heterocycles. The summed E-state index contributed by atoms with van der Waals surface area (Å²) in [6, 6.07) is 7.76. The zero-order valence-electron chi connectivity index (χ0n) is 11.0. The lowest BCUT2D eigenvalue weighted by molar-refractivity contribution is -0.224. The summed E-state index contributed by atoms with van der Waals surface area (Å²) in [4.78, 5) is 4.35. The van der Waals surface area contributed by atoms with Crippen LogP contribution in [0.2, 0.25) is 0 Å². The van der Waals surface area contributed by atoms with Gasteiger partial charge in [0.05, 0.1) is 6.61 Å². The minimum atomic E-state index is -1.05. The van der Waals surface area contributed by atoms with Crippen LogP contribution in [0, 0.1) is 0 Å². The van der Waals surface area contributed by atoms with Crippen LogP contribution in [0.3, 0.4) is 0 Å². The fourth-order valence-corrected chi connectivity index (χ4v) is 2.15. The van der Waals surface area contributed by atoms with Crippen molar-refractivity contribution in [3.63, 3.8) is 0 Å². The Morgan fingerprint density at radius 3 is 2.78 bits per heavy atom. The number of unbranched alkanes of at least 4 members (excludes halogenated alkanes) is 2. The summed E-state index contributed by atoms with van der Waals surface area (Å²) in [5.74, 6) is -0.572. The summed E-state index contributed by atoms with van der Waals surface area (Å²) in [5.41, 5.74) is 7.71. The summed E-state index contributed by atoms with van der Waals surface area (Å²) in [7, 11) is 1.60. The van der Waals surface area contributed by atoms with Crippen LogP contribution in [0.5, 0.6) is 0 Å². The van der Waals surface area contributed by atoms with Gasteiger partial charge in [-0.3, -0.25) is 0 Å². The van der Waals surface area contributed by atoms with Gasteiger partial charge in [0, 0.05) is 18.2 Å². The van der Waals surface area contributed by atoms with Gasteiger partial charge >= 0.3 is 0 Å². The van der Waals surface area contributed by atoms with Crippen LogP contribution >= 0.6 is 0 Å². The molecule has 1 aromatic carbocycles. The van der Waals surface area contributed by atoms with Gasteiger partial charge in [-0.25, -0.2) is 4.99 Å². The van der Waals surface area contributed by atoms with Crippen LogP contribution in [0.1, 0.15) is 37.3 Å². The first-order valence-electron chi connectivity index (χ1n) is 6.38. The lowest BCUT2D eigenvalue weighted by Crippen LogP contribution is -2.28. The van der Waals surface area contributed by atoms with Crippen LogP contribution in [0.25, 0.3) is 0 Å². The molecule has 0 saturated carbocycles. The first-order valence-corrected chi connectivity index (χ1v) is 6.38. The Labute approximate surface area is 108 Å². The molecular weight excluding hydrogens is 228 g/mol. The highest BCUT2D eigenvalue weighted by Gasteiger charge is 2.40. The molecule has 1 unspecified atom stereocenters. The fraction of sp³-hybridized carbons (Fsp3) is 0.500. The number of fused-ring (bicyclic) bond motifs is 1. The average Bonchev–Trinajstić information content (AvgIpc) is 2.69. The predicted octanol–water partition coefficient (Wildman–Crippen LogP) is 2.37. The summed E-state index contributed by atoms with van der Waals surface area (Å²) in [6.07, 6.45) is 3.30. The van der Waals surface area contributed by atoms with Crippen molar-refractivity contribution in [2.75, 3.05) is 13.7 Å². The van der Waals surface area contributed by atoms with E-state index in [1.54, 1.807) is 7.11 Å². The van der Waals surface area contributed by atoms with Gasteiger partial charge < -0.3 is 15.2 Å². The number of hydrogen-bond acceptors (Lipinski definition) is 4. The van der Waals surface area contributed by atoms with Crippen molar-refractivity contribution >= 4 is 5.84 Å². The number of aliphatic imine (C=N–C) groups is 1. The van der Waals surface area contributed by atoms with E-state index in [1.807, 2.05) is 24.3 Å². The molecular formula is C14H20N2O2. The third-order valence-corrected chi connectivity index (χ3v) is 3.13. The number of ether oxygens (including phenoxy) is 2. The maximum Gasteiger partial charge on any atom is 0.300 e. The highest BCUT2D eigenvalue weighted by atomic mass is 16.7. The maximum atomic E-state index is 5.92. The number of hydrogen-bond donors (Lipinski definition) is 1. The molecule has 2 N–H and O–H groups in total. The molecule has 0 spiro atoms. The number of rotatable bonds is 6. The molecule has 2 rings (SSSR count). The minimum absolute atomic E-state index is 0.475. The van der Waals surface area contributed by atoms with E-state index >= 15 is 0 Å². The Hall–Kier alpha value is -1.39. The second kappa shape index (κ2) is 5.50. The van der Waals surface area contributed by atoms with Crippen molar-refractivity contribution in [2.24, 2.45) is 10.7 Å². The van der Waals surface area contributed by atoms with Gasteiger partial charge in [0.2, 0.25) is 0 Å². The second-order valence-electron chi connectivity index (χ2n) is 4.38. The van der Waals surface area contributed by atoms with Gasteiger partial charge in [0.15, 0.2) is 0 Å². The van der Waals surface area contributed by atoms with Gasteiger partial charge in [-0.1, -0.05) is 44.0 Å². The Bertz CT molecular complexity index is 445. The number of methoxy groups -OCH3 is 1. The number of nitrogens with two attached hydrogens (primary N) is 1. The molecule has 1 atom stereocenters. The van der Waals surface area contributed by atoms with Gasteiger partial charge in [0.25, 0.3) is 5.91 Å². The second-order valence-corrected chi connectivity index (χ2v) is 4.38. The molecule has 4 heteroatoms. The van der Waals surface area contributed by atoms with Gasteiger partial charge in [-0.05, 0) is 6.42 Å². The molecule has 0 aromatic heterocycles. The topological polar surface area (TPSA) is 56.8 Å². The van der Waals surface area contributed by atoms with Crippen LogP contribution < -0.4 is 5.73 Å². The largest absolute Gasteiger partial charge is 0.383 e. The molecule has 0 bridgehead atoms. The molecule has 0 saturated heterocycles. The monoisotopic (exact) mass is 248 g/mol. The van der Waals surface area contributed by atoms with E-state index in [0.717, 1.165) is 30.4 Å². The van der Waals surface area contributed by atoms with E-state index in [1.165, 1.54) is 0 Å². The number of benzene rings is 1. The van der Waals surface area contributed by atoms with E-state index in [2.05, 4.69) is 11.9 Å². The average molecular weight is 248 g/mol. The summed E-state index contributed by atoms with van der Waals surface area (Å²) < 4.78 is 11.3. The molecule has 0 aliphatic carbocycles. The van der Waals surface area contributed by atoms with E-state index < -0.39 is 5.91 Å². The third kappa shape index (κ3) is 2.26. The van der Waals surface area contributed by atoms with Crippen molar-refractivity contribution < 1.29 is 9.47 Å². The van der Waals surface area contributed by atoms with Gasteiger partial charge in [-0.2, -0.15) is 0 Å². The fourth-order valence-electron chi connectivity index (χ4n) is 2.15. The first kappa shape index (κ1) is 13.1. The smallest absolute Gasteiger partial charge is 0.300 e. The molecule has 0 amide bonds. The molecule has 1 aliphatic rings. The molecule has 1 aromatic rings. The van der Waals surface area contributed by atoms with E-state index in [9.17, 15) is 0 Å². The zero-order valence-corrected chi connectivity index (χ0v) is 11.0. The summed E-state index contributed by atoms with van der Waals surface area (Å²) in [5, 5.41) is 0. The summed E-state index contributed by atoms with van der Waals surface area (Å²) >= 11 is 0. The lowest BCUT2D eigenvalue weighted by atomic mass is 10.1. The Morgan fingerprint density at radius 2 is 2.06 bits per heavy atom. The van der Waals surface area contributed by atoms with E-state index in [-0.39, 0.29) is 0 Å². The summed E-state index contributed by atoms with van der Waals surface area (Å²) in [6.45, 7) is 2.78. The predicted molar refractivity (Wildman–Crippen MR) is 71.3 cm³/mol. The quantitative estimate of drug-likeness (QED) is 0.621. The highest BCUT2D eigenvalue weighted by Crippen LogP contribution is 2.36. The Morgan fingerprint density at radius 1 is 1.28 bits per heavy atom. The van der Waals surface area contributed by atoms with Gasteiger partial charge in [0.1, 0.15) is 5.84 Å². The Kier molecular flexibility index (Phi) is 3.99. The normalized spacial score (nSPS) is 21.8. The van der Waals surface area contributed by atoms with Crippen LogP contribution in [0.15, 0.2) is 29.3 Å². The lowest BCUT2D eigenvalue weighted by Gasteiger charge is -2.25. The van der Waals surface area contributed by atoms with E-state index in [0.29, 0.717) is 12.4 Å². The van der Waals surface area contributed by atoms with E-state index in [4.69, 9.17) is 15.2 Å². The van der Waals surface area contributed by atoms with Crippen LogP contribution in [-0.2, 0) is 15.4 Å². The molecule has 1 heterocycles. The first-order chi connectivity index (χ1) is 8.73. The SMILES string of the molecule is CCCCCOC1(OC)N=C(N)c2ccccc21. The highest BCUT2D eigenvalue weighted by molar-refractivity contribution is 6.01. The van der Waals surface area contributed by atoms with Crippen molar-refractivity contribution in [1.29, 1.82) is 0 Å². The zero-order chi connectivity index (χ0) is 13.0. The molecule has 0 radical (unpaired) electrons. The van der Waals surface area contributed by atoms with Gasteiger partial charge in [-0.15, -0.1) is 0 Å². The van der Waals surface area contributed by atoms with Crippen molar-refractivity contribution in [2.45, 2.75) is 32.1 Å². The molecule has 98 valence electrons. The number of nitrogens with zero attached hydrogens (tertiary/aromatic N) is 1.